The number of benzene rings is 1. The smallest absolute Gasteiger partial charge is 0.245 e. The van der Waals surface area contributed by atoms with E-state index < -0.39 is 10.0 Å². The topological polar surface area (TPSA) is 96.4 Å². The van der Waals surface area contributed by atoms with Crippen LogP contribution in [0.15, 0.2) is 23.1 Å². The van der Waals surface area contributed by atoms with Crippen molar-refractivity contribution < 1.29 is 13.2 Å². The van der Waals surface area contributed by atoms with Crippen molar-refractivity contribution in [1.29, 1.82) is 5.26 Å². The summed E-state index contributed by atoms with van der Waals surface area (Å²) < 4.78 is 31.5. The quantitative estimate of drug-likeness (QED) is 0.761. The lowest BCUT2D eigenvalue weighted by molar-refractivity contribution is 0.179. The summed E-state index contributed by atoms with van der Waals surface area (Å²) in [5.74, 6) is 0. The number of nitrogen functional groups attached to an aromatic ring is 1. The monoisotopic (exact) mass is 297 g/mol. The molecule has 1 aromatic rings. The van der Waals surface area contributed by atoms with Crippen molar-refractivity contribution in [3.8, 4) is 6.07 Å². The summed E-state index contributed by atoms with van der Waals surface area (Å²) in [5.41, 5.74) is 6.60. The van der Waals surface area contributed by atoms with E-state index in [2.05, 4.69) is 0 Å². The summed E-state index contributed by atoms with van der Waals surface area (Å²) in [6.07, 6.45) is 0.120. The first kappa shape index (κ1) is 16.4. The summed E-state index contributed by atoms with van der Waals surface area (Å²) >= 11 is 0. The van der Waals surface area contributed by atoms with Gasteiger partial charge in [0.15, 0.2) is 0 Å². The van der Waals surface area contributed by atoms with Gasteiger partial charge < -0.3 is 10.5 Å². The number of ether oxygens (including phenoxy) is 1. The molecule has 1 rings (SSSR count). The van der Waals surface area contributed by atoms with Crippen molar-refractivity contribution in [1.82, 2.24) is 4.31 Å². The molecule has 0 aliphatic rings. The third kappa shape index (κ3) is 3.70. The first-order chi connectivity index (χ1) is 9.45. The van der Waals surface area contributed by atoms with Crippen LogP contribution in [0.2, 0.25) is 0 Å². The highest BCUT2D eigenvalue weighted by molar-refractivity contribution is 7.89. The van der Waals surface area contributed by atoms with Crippen LogP contribution in [0.3, 0.4) is 0 Å². The Hall–Kier alpha value is -1.62. The molecule has 0 aliphatic heterocycles. The molecular weight excluding hydrogens is 278 g/mol. The Balaban J connectivity index is 3.18. The first-order valence-electron chi connectivity index (χ1n) is 6.16. The summed E-state index contributed by atoms with van der Waals surface area (Å²) in [5, 5.41) is 8.66. The number of aryl methyl sites for hydroxylation is 1. The highest BCUT2D eigenvalue weighted by atomic mass is 32.2. The maximum atomic E-state index is 12.7. The minimum absolute atomic E-state index is 0.106. The Morgan fingerprint density at radius 2 is 2.10 bits per heavy atom. The van der Waals surface area contributed by atoms with Gasteiger partial charge in [0.25, 0.3) is 0 Å². The average Bonchev–Trinajstić information content (AvgIpc) is 2.38. The fraction of sp³-hybridized carbons (Fsp3) is 0.462. The second kappa shape index (κ2) is 7.24. The van der Waals surface area contributed by atoms with Crippen LogP contribution in [-0.4, -0.2) is 39.5 Å². The van der Waals surface area contributed by atoms with E-state index in [0.717, 1.165) is 0 Å². The van der Waals surface area contributed by atoms with Gasteiger partial charge in [0.2, 0.25) is 10.0 Å². The van der Waals surface area contributed by atoms with Gasteiger partial charge in [-0.25, -0.2) is 8.42 Å². The average molecular weight is 297 g/mol. The Kier molecular flexibility index (Phi) is 5.95. The van der Waals surface area contributed by atoms with Gasteiger partial charge in [0.1, 0.15) is 4.90 Å². The number of hydrogen-bond acceptors (Lipinski definition) is 5. The minimum Gasteiger partial charge on any atom is -0.398 e. The lowest BCUT2D eigenvalue weighted by atomic mass is 10.2. The molecule has 110 valence electrons. The van der Waals surface area contributed by atoms with Crippen LogP contribution in [0, 0.1) is 18.3 Å². The molecule has 0 spiro atoms. The fourth-order valence-electron chi connectivity index (χ4n) is 1.88. The van der Waals surface area contributed by atoms with Gasteiger partial charge in [-0.3, -0.25) is 0 Å². The Morgan fingerprint density at radius 3 is 2.65 bits per heavy atom. The molecular formula is C13H19N3O3S. The number of anilines is 1. The normalized spacial score (nSPS) is 11.5. The van der Waals surface area contributed by atoms with E-state index in [9.17, 15) is 8.42 Å². The third-order valence-electron chi connectivity index (χ3n) is 2.86. The molecule has 0 saturated heterocycles. The van der Waals surface area contributed by atoms with Gasteiger partial charge in [-0.1, -0.05) is 12.1 Å². The number of nitrogens with two attached hydrogens (primary N) is 1. The molecule has 0 amide bonds. The van der Waals surface area contributed by atoms with Crippen LogP contribution < -0.4 is 5.73 Å². The van der Waals surface area contributed by atoms with Crippen LogP contribution in [0.25, 0.3) is 0 Å². The highest BCUT2D eigenvalue weighted by Gasteiger charge is 2.27. The van der Waals surface area contributed by atoms with Crippen molar-refractivity contribution in [2.24, 2.45) is 0 Å². The zero-order valence-corrected chi connectivity index (χ0v) is 12.5. The lowest BCUT2D eigenvalue weighted by Crippen LogP contribution is -2.35. The zero-order valence-electron chi connectivity index (χ0n) is 11.7. The summed E-state index contributed by atoms with van der Waals surface area (Å²) in [6.45, 7) is 2.27. The number of sulfonamides is 1. The molecule has 0 saturated carbocycles. The van der Waals surface area contributed by atoms with E-state index >= 15 is 0 Å². The first-order valence-corrected chi connectivity index (χ1v) is 7.60. The number of rotatable bonds is 7. The summed E-state index contributed by atoms with van der Waals surface area (Å²) in [7, 11) is -2.23. The zero-order chi connectivity index (χ0) is 15.2. The molecule has 0 unspecified atom stereocenters. The van der Waals surface area contributed by atoms with Crippen LogP contribution in [0.5, 0.6) is 0 Å². The second-order valence-electron chi connectivity index (χ2n) is 4.30. The molecule has 0 fully saturated rings. The molecule has 1 aromatic carbocycles. The third-order valence-corrected chi connectivity index (χ3v) is 4.98. The minimum atomic E-state index is -3.73. The predicted octanol–water partition coefficient (Wildman–Crippen LogP) is 1.13. The molecule has 0 aliphatic carbocycles. The van der Waals surface area contributed by atoms with Crippen molar-refractivity contribution >= 4 is 15.7 Å². The van der Waals surface area contributed by atoms with E-state index in [4.69, 9.17) is 15.7 Å². The Bertz CT molecular complexity index is 573. The fourth-order valence-corrected chi connectivity index (χ4v) is 3.62. The Labute approximate surface area is 119 Å². The van der Waals surface area contributed by atoms with Crippen LogP contribution >= 0.6 is 0 Å². The number of hydrogen-bond donors (Lipinski definition) is 1. The largest absolute Gasteiger partial charge is 0.398 e. The van der Waals surface area contributed by atoms with Gasteiger partial charge in [0.05, 0.1) is 18.4 Å². The predicted molar refractivity (Wildman–Crippen MR) is 76.5 cm³/mol. The molecule has 0 aromatic heterocycles. The summed E-state index contributed by atoms with van der Waals surface area (Å²) in [6, 6.07) is 6.91. The van der Waals surface area contributed by atoms with Crippen LogP contribution in [0.1, 0.15) is 12.0 Å². The standard InChI is InChI=1S/C13H19N3O3S/c1-11-5-3-6-12(15)13(11)20(17,18)16(8-4-7-14)9-10-19-2/h3,5-6H,4,8-10,15H2,1-2H3. The van der Waals surface area contributed by atoms with Gasteiger partial charge >= 0.3 is 0 Å². The van der Waals surface area contributed by atoms with Crippen molar-refractivity contribution in [2.75, 3.05) is 32.5 Å². The Morgan fingerprint density at radius 1 is 1.40 bits per heavy atom. The highest BCUT2D eigenvalue weighted by Crippen LogP contribution is 2.25. The molecule has 6 nitrogen and oxygen atoms in total. The van der Waals surface area contributed by atoms with Gasteiger partial charge in [-0.2, -0.15) is 9.57 Å². The molecule has 0 heterocycles. The van der Waals surface area contributed by atoms with Gasteiger partial charge in [-0.05, 0) is 18.6 Å². The maximum absolute atomic E-state index is 12.7. The maximum Gasteiger partial charge on any atom is 0.245 e. The van der Waals surface area contributed by atoms with Gasteiger partial charge in [0, 0.05) is 26.6 Å². The van der Waals surface area contributed by atoms with E-state index in [0.29, 0.717) is 5.56 Å². The molecule has 2 N–H and O–H groups in total. The lowest BCUT2D eigenvalue weighted by Gasteiger charge is -2.22. The van der Waals surface area contributed by atoms with Crippen LogP contribution in [0.4, 0.5) is 5.69 Å². The van der Waals surface area contributed by atoms with Crippen molar-refractivity contribution in [3.63, 3.8) is 0 Å². The summed E-state index contributed by atoms with van der Waals surface area (Å²) in [4.78, 5) is 0.106. The molecule has 20 heavy (non-hydrogen) atoms. The van der Waals surface area contributed by atoms with E-state index in [1.54, 1.807) is 25.1 Å². The molecule has 7 heteroatoms. The number of nitrogens with zero attached hydrogens (tertiary/aromatic N) is 2. The van der Waals surface area contributed by atoms with Crippen LogP contribution in [-0.2, 0) is 14.8 Å². The number of methoxy groups -OCH3 is 1. The SMILES string of the molecule is COCCN(CCC#N)S(=O)(=O)c1c(C)cccc1N. The second-order valence-corrected chi connectivity index (χ2v) is 6.17. The van der Waals surface area contributed by atoms with Gasteiger partial charge in [-0.15, -0.1) is 0 Å². The van der Waals surface area contributed by atoms with E-state index in [1.165, 1.54) is 11.4 Å². The van der Waals surface area contributed by atoms with E-state index in [-0.39, 0.29) is 36.7 Å². The number of nitriles is 1. The van der Waals surface area contributed by atoms with E-state index in [1.807, 2.05) is 6.07 Å². The van der Waals surface area contributed by atoms with Crippen molar-refractivity contribution in [2.45, 2.75) is 18.2 Å². The van der Waals surface area contributed by atoms with Crippen molar-refractivity contribution in [3.05, 3.63) is 23.8 Å². The molecule has 0 bridgehead atoms. The molecule has 0 atom stereocenters. The molecule has 0 radical (unpaired) electrons.